The predicted molar refractivity (Wildman–Crippen MR) is 58.6 cm³/mol. The van der Waals surface area contributed by atoms with E-state index in [1.54, 1.807) is 0 Å². The molecule has 0 saturated carbocycles. The van der Waals surface area contributed by atoms with Gasteiger partial charge in [0.05, 0.1) is 15.1 Å². The number of halogens is 4. The lowest BCUT2D eigenvalue weighted by Crippen LogP contribution is -1.91. The summed E-state index contributed by atoms with van der Waals surface area (Å²) in [5, 5.41) is 9.50. The maximum Gasteiger partial charge on any atom is 0.154 e. The smallest absolute Gasteiger partial charge is 0.154 e. The molecule has 0 unspecified atom stereocenters. The Morgan fingerprint density at radius 1 is 1.00 bits per heavy atom. The van der Waals surface area contributed by atoms with Crippen molar-refractivity contribution >= 4 is 56.8 Å². The molecule has 0 amide bonds. The van der Waals surface area contributed by atoms with Gasteiger partial charge in [-0.15, -0.1) is 0 Å². The van der Waals surface area contributed by atoms with Gasteiger partial charge in [-0.05, 0) is 6.07 Å². The Morgan fingerprint density at radius 2 is 1.38 bits per heavy atom. The highest BCUT2D eigenvalue weighted by molar-refractivity contribution is 7.79. The lowest BCUT2D eigenvalue weighted by Gasteiger charge is -2.06. The van der Waals surface area contributed by atoms with Crippen LogP contribution in [0.1, 0.15) is 0 Å². The predicted octanol–water partition coefficient (Wildman–Crippen LogP) is 2.67. The molecule has 0 heterocycles. The summed E-state index contributed by atoms with van der Waals surface area (Å²) < 4.78 is 34.1. The second-order valence-corrected chi connectivity index (χ2v) is 4.61. The van der Waals surface area contributed by atoms with Crippen LogP contribution in [0.3, 0.4) is 0 Å². The van der Waals surface area contributed by atoms with E-state index in [-0.39, 0.29) is 25.8 Å². The molecule has 0 saturated heterocycles. The van der Waals surface area contributed by atoms with Crippen molar-refractivity contribution in [1.29, 1.82) is 0 Å². The number of phenolic OH excluding ortho intramolecular Hbond substituents is 1. The number of rotatable bonds is 0. The zero-order valence-corrected chi connectivity index (χ0v) is 10.9. The first-order chi connectivity index (χ1) is 7.04. The quantitative estimate of drug-likeness (QED) is 0.341. The van der Waals surface area contributed by atoms with Gasteiger partial charge in [0, 0.05) is 10.4 Å². The van der Waals surface area contributed by atoms with Crippen LogP contribution >= 0.6 is 46.4 Å². The van der Waals surface area contributed by atoms with Crippen molar-refractivity contribution in [1.82, 2.24) is 0 Å². The summed E-state index contributed by atoms with van der Waals surface area (Å²) in [6.07, 6.45) is 0. The first kappa shape index (κ1) is 16.1. The Hall–Kier alpha value is 0.0500. The van der Waals surface area contributed by atoms with E-state index in [1.165, 1.54) is 6.07 Å². The Balaban J connectivity index is 0.000000385. The number of hydrogen-bond acceptors (Lipinski definition) is 5. The minimum Gasteiger partial charge on any atom is -0.759 e. The van der Waals surface area contributed by atoms with Crippen molar-refractivity contribution in [2.45, 2.75) is 0 Å². The molecule has 92 valence electrons. The molecule has 0 aliphatic rings. The number of aromatic hydroxyl groups is 1. The minimum atomic E-state index is -5.17. The van der Waals surface area contributed by atoms with Crippen molar-refractivity contribution in [2.75, 3.05) is 0 Å². The lowest BCUT2D eigenvalue weighted by atomic mass is 10.3. The van der Waals surface area contributed by atoms with Gasteiger partial charge in [-0.3, -0.25) is 8.42 Å². The fourth-order valence-electron chi connectivity index (χ4n) is 0.557. The van der Waals surface area contributed by atoms with Crippen LogP contribution in [0.25, 0.3) is 0 Å². The Kier molecular flexibility index (Phi) is 6.13. The summed E-state index contributed by atoms with van der Waals surface area (Å²) in [6.45, 7) is 0. The van der Waals surface area contributed by atoms with Crippen molar-refractivity contribution in [3.63, 3.8) is 0 Å². The Labute approximate surface area is 111 Å². The largest absolute Gasteiger partial charge is 0.759 e. The topological polar surface area (TPSA) is 100 Å². The van der Waals surface area contributed by atoms with Gasteiger partial charge in [-0.25, -0.2) is 0 Å². The van der Waals surface area contributed by atoms with Crippen LogP contribution < -0.4 is 0 Å². The molecule has 1 aromatic carbocycles. The van der Waals surface area contributed by atoms with Gasteiger partial charge in [0.15, 0.2) is 5.75 Å². The molecule has 5 nitrogen and oxygen atoms in total. The van der Waals surface area contributed by atoms with Gasteiger partial charge in [0.2, 0.25) is 0 Å². The Morgan fingerprint density at radius 3 is 1.75 bits per heavy atom. The summed E-state index contributed by atoms with van der Waals surface area (Å²) in [7, 11) is -5.17. The summed E-state index contributed by atoms with van der Waals surface area (Å²) >= 11 is 22.2. The first-order valence-electron chi connectivity index (χ1n) is 3.22. The van der Waals surface area contributed by atoms with Crippen LogP contribution in [-0.4, -0.2) is 22.6 Å². The summed E-state index contributed by atoms with van der Waals surface area (Å²) in [4.78, 5) is 0. The van der Waals surface area contributed by atoms with Crippen LogP contribution in [0, 0.1) is 0 Å². The highest BCUT2D eigenvalue weighted by Gasteiger charge is 2.11. The molecule has 1 rings (SSSR count). The number of hydrogen-bond donors (Lipinski definition) is 1. The van der Waals surface area contributed by atoms with Gasteiger partial charge in [0.25, 0.3) is 0 Å². The molecule has 0 aromatic heterocycles. The second kappa shape index (κ2) is 6.11. The molecule has 0 atom stereocenters. The molecule has 0 aliphatic heterocycles. The molecular formula is C6H2Cl4O5S-2. The van der Waals surface area contributed by atoms with Gasteiger partial charge >= 0.3 is 0 Å². The maximum atomic E-state index is 9.10. The van der Waals surface area contributed by atoms with E-state index in [9.17, 15) is 0 Å². The number of benzene rings is 1. The molecule has 0 radical (unpaired) electrons. The maximum absolute atomic E-state index is 9.10. The summed E-state index contributed by atoms with van der Waals surface area (Å²) in [5.41, 5.74) is 0. The molecule has 0 aliphatic carbocycles. The molecule has 0 fully saturated rings. The van der Waals surface area contributed by atoms with Gasteiger partial charge in [-0.1, -0.05) is 46.4 Å². The van der Waals surface area contributed by atoms with E-state index >= 15 is 0 Å². The van der Waals surface area contributed by atoms with Crippen LogP contribution in [0.2, 0.25) is 20.1 Å². The van der Waals surface area contributed by atoms with E-state index < -0.39 is 10.4 Å². The van der Waals surface area contributed by atoms with Crippen molar-refractivity contribution in [3.05, 3.63) is 26.2 Å². The molecule has 10 heteroatoms. The van der Waals surface area contributed by atoms with Crippen LogP contribution in [0.4, 0.5) is 0 Å². The SMILES string of the molecule is O=S(=O)([O-])[O-].Oc1c(Cl)cc(Cl)c(Cl)c1Cl. The third kappa shape index (κ3) is 5.95. The van der Waals surface area contributed by atoms with E-state index in [0.717, 1.165) is 0 Å². The van der Waals surface area contributed by atoms with Gasteiger partial charge in [0.1, 0.15) is 5.02 Å². The third-order valence-electron chi connectivity index (χ3n) is 1.09. The van der Waals surface area contributed by atoms with Crippen molar-refractivity contribution in [2.24, 2.45) is 0 Å². The van der Waals surface area contributed by atoms with Crippen LogP contribution in [0.15, 0.2) is 6.07 Å². The van der Waals surface area contributed by atoms with E-state index in [2.05, 4.69) is 0 Å². The second-order valence-electron chi connectivity index (χ2n) is 2.23. The van der Waals surface area contributed by atoms with Gasteiger partial charge in [-0.2, -0.15) is 0 Å². The summed E-state index contributed by atoms with van der Waals surface area (Å²) in [5.74, 6) is -0.247. The molecular weight excluding hydrogens is 326 g/mol. The zero-order valence-electron chi connectivity index (χ0n) is 7.08. The summed E-state index contributed by atoms with van der Waals surface area (Å²) in [6, 6.07) is 1.33. The molecule has 16 heavy (non-hydrogen) atoms. The first-order valence-corrected chi connectivity index (χ1v) is 6.07. The van der Waals surface area contributed by atoms with Crippen molar-refractivity contribution < 1.29 is 22.6 Å². The van der Waals surface area contributed by atoms with Crippen LogP contribution in [-0.2, 0) is 10.4 Å². The fourth-order valence-corrected chi connectivity index (χ4v) is 1.46. The molecule has 1 aromatic rings. The lowest BCUT2D eigenvalue weighted by molar-refractivity contribution is 0.352. The van der Waals surface area contributed by atoms with Crippen LogP contribution in [0.5, 0.6) is 5.75 Å². The Bertz CT molecular complexity index is 452. The molecule has 0 spiro atoms. The monoisotopic (exact) mass is 326 g/mol. The standard InChI is InChI=1S/C6H2Cl4O.H2O4S/c7-2-1-3(8)6(11)5(10)4(2)9;1-5(2,3)4/h1,11H;(H2,1,2,3,4)/p-2. The highest BCUT2D eigenvalue weighted by Crippen LogP contribution is 2.41. The minimum absolute atomic E-state index is 0.0239. The molecule has 0 bridgehead atoms. The third-order valence-corrected chi connectivity index (χ3v) is 2.63. The van der Waals surface area contributed by atoms with E-state index in [0.29, 0.717) is 0 Å². The van der Waals surface area contributed by atoms with E-state index in [1.807, 2.05) is 0 Å². The normalized spacial score (nSPS) is 10.6. The number of phenols is 1. The van der Waals surface area contributed by atoms with Gasteiger partial charge < -0.3 is 14.2 Å². The van der Waals surface area contributed by atoms with Crippen molar-refractivity contribution in [3.8, 4) is 5.75 Å². The fraction of sp³-hybridized carbons (Fsp3) is 0. The van der Waals surface area contributed by atoms with E-state index in [4.69, 9.17) is 69.0 Å². The molecule has 1 N–H and O–H groups in total. The average molecular weight is 328 g/mol. The average Bonchev–Trinajstić information content (AvgIpc) is 2.09. The highest BCUT2D eigenvalue weighted by atomic mass is 35.5. The zero-order chi connectivity index (χ0) is 13.1.